The molecule has 2 rings (SSSR count). The lowest BCUT2D eigenvalue weighted by Gasteiger charge is -2.11. The van der Waals surface area contributed by atoms with Gasteiger partial charge in [-0.1, -0.05) is 18.2 Å². The predicted molar refractivity (Wildman–Crippen MR) is 102 cm³/mol. The summed E-state index contributed by atoms with van der Waals surface area (Å²) in [6.45, 7) is 4.80. The molecule has 5 nitrogen and oxygen atoms in total. The summed E-state index contributed by atoms with van der Waals surface area (Å²) in [5.41, 5.74) is 3.86. The van der Waals surface area contributed by atoms with Crippen LogP contribution in [0.1, 0.15) is 33.5 Å². The SMILES string of the molecule is Cc1cc(C)cc(OCCC(=O)NCc2ccc(C(=O)N(C)C)cc2)c1. The van der Waals surface area contributed by atoms with Crippen LogP contribution >= 0.6 is 0 Å². The third kappa shape index (κ3) is 5.92. The van der Waals surface area contributed by atoms with Crippen LogP contribution in [0.25, 0.3) is 0 Å². The third-order valence-corrected chi connectivity index (χ3v) is 3.89. The zero-order chi connectivity index (χ0) is 19.1. The first-order valence-corrected chi connectivity index (χ1v) is 8.63. The molecule has 0 saturated carbocycles. The average molecular weight is 354 g/mol. The number of nitrogens with zero attached hydrogens (tertiary/aromatic N) is 1. The highest BCUT2D eigenvalue weighted by Crippen LogP contribution is 2.16. The Kier molecular flexibility index (Phi) is 6.78. The van der Waals surface area contributed by atoms with E-state index in [1.54, 1.807) is 26.2 Å². The van der Waals surface area contributed by atoms with E-state index in [1.807, 2.05) is 38.1 Å². The Morgan fingerprint density at radius 1 is 1.00 bits per heavy atom. The van der Waals surface area contributed by atoms with Crippen molar-refractivity contribution in [1.82, 2.24) is 10.2 Å². The lowest BCUT2D eigenvalue weighted by Crippen LogP contribution is -2.24. The van der Waals surface area contributed by atoms with Gasteiger partial charge in [-0.3, -0.25) is 9.59 Å². The summed E-state index contributed by atoms with van der Waals surface area (Å²) in [7, 11) is 3.44. The number of benzene rings is 2. The van der Waals surface area contributed by atoms with E-state index in [9.17, 15) is 9.59 Å². The van der Waals surface area contributed by atoms with E-state index in [1.165, 1.54) is 4.90 Å². The Morgan fingerprint density at radius 3 is 2.19 bits per heavy atom. The minimum absolute atomic E-state index is 0.0379. The Balaban J connectivity index is 1.75. The fourth-order valence-corrected chi connectivity index (χ4v) is 2.59. The number of aryl methyl sites for hydroxylation is 2. The van der Waals surface area contributed by atoms with E-state index >= 15 is 0 Å². The highest BCUT2D eigenvalue weighted by molar-refractivity contribution is 5.93. The smallest absolute Gasteiger partial charge is 0.253 e. The molecule has 0 aliphatic rings. The summed E-state index contributed by atoms with van der Waals surface area (Å²) in [6.07, 6.45) is 0.296. The molecule has 0 fully saturated rings. The first-order chi connectivity index (χ1) is 12.3. The molecule has 0 aliphatic heterocycles. The zero-order valence-corrected chi connectivity index (χ0v) is 15.8. The van der Waals surface area contributed by atoms with Crippen LogP contribution < -0.4 is 10.1 Å². The van der Waals surface area contributed by atoms with Crippen LogP contribution in [-0.4, -0.2) is 37.4 Å². The van der Waals surface area contributed by atoms with Crippen LogP contribution in [0.2, 0.25) is 0 Å². The summed E-state index contributed by atoms with van der Waals surface area (Å²) in [6, 6.07) is 13.2. The number of amides is 2. The van der Waals surface area contributed by atoms with Crippen LogP contribution in [0, 0.1) is 13.8 Å². The number of hydrogen-bond donors (Lipinski definition) is 1. The first-order valence-electron chi connectivity index (χ1n) is 8.63. The summed E-state index contributed by atoms with van der Waals surface area (Å²) in [5.74, 6) is 0.684. The van der Waals surface area contributed by atoms with Gasteiger partial charge in [0.1, 0.15) is 5.75 Å². The first kappa shape index (κ1) is 19.5. The second-order valence-corrected chi connectivity index (χ2v) is 6.60. The molecule has 5 heteroatoms. The van der Waals surface area contributed by atoms with Gasteiger partial charge in [-0.15, -0.1) is 0 Å². The summed E-state index contributed by atoms with van der Waals surface area (Å²) < 4.78 is 5.65. The molecule has 0 bridgehead atoms. The highest BCUT2D eigenvalue weighted by atomic mass is 16.5. The van der Waals surface area contributed by atoms with E-state index in [0.29, 0.717) is 25.1 Å². The molecule has 0 saturated heterocycles. The van der Waals surface area contributed by atoms with E-state index < -0.39 is 0 Å². The maximum absolute atomic E-state index is 12.0. The van der Waals surface area contributed by atoms with E-state index in [4.69, 9.17) is 4.74 Å². The Bertz CT molecular complexity index is 747. The molecule has 2 aromatic rings. The molecule has 0 atom stereocenters. The minimum atomic E-state index is -0.0668. The largest absolute Gasteiger partial charge is 0.493 e. The van der Waals surface area contributed by atoms with Crippen molar-refractivity contribution in [3.05, 3.63) is 64.7 Å². The molecule has 0 aromatic heterocycles. The van der Waals surface area contributed by atoms with Gasteiger partial charge in [0.2, 0.25) is 5.91 Å². The maximum Gasteiger partial charge on any atom is 0.253 e. The number of hydrogen-bond acceptors (Lipinski definition) is 3. The lowest BCUT2D eigenvalue weighted by atomic mass is 10.1. The lowest BCUT2D eigenvalue weighted by molar-refractivity contribution is -0.121. The molecule has 2 aromatic carbocycles. The monoisotopic (exact) mass is 354 g/mol. The molecule has 26 heavy (non-hydrogen) atoms. The number of ether oxygens (including phenoxy) is 1. The molecular formula is C21H26N2O3. The van der Waals surface area contributed by atoms with Gasteiger partial charge in [0, 0.05) is 26.2 Å². The van der Waals surface area contributed by atoms with Gasteiger partial charge in [0.15, 0.2) is 0 Å². The van der Waals surface area contributed by atoms with Gasteiger partial charge in [-0.25, -0.2) is 0 Å². The van der Waals surface area contributed by atoms with Crippen molar-refractivity contribution in [2.45, 2.75) is 26.8 Å². The number of carbonyl (C=O) groups is 2. The Hall–Kier alpha value is -2.82. The number of carbonyl (C=O) groups excluding carboxylic acids is 2. The normalized spacial score (nSPS) is 10.3. The van der Waals surface area contributed by atoms with E-state index in [-0.39, 0.29) is 11.8 Å². The van der Waals surface area contributed by atoms with E-state index in [0.717, 1.165) is 22.4 Å². The van der Waals surface area contributed by atoms with Gasteiger partial charge in [0.05, 0.1) is 13.0 Å². The van der Waals surface area contributed by atoms with E-state index in [2.05, 4.69) is 11.4 Å². The molecule has 0 unspecified atom stereocenters. The van der Waals surface area contributed by atoms with Crippen molar-refractivity contribution in [2.75, 3.05) is 20.7 Å². The van der Waals surface area contributed by atoms with Crippen LogP contribution in [0.4, 0.5) is 0 Å². The maximum atomic E-state index is 12.0. The molecular weight excluding hydrogens is 328 g/mol. The second-order valence-electron chi connectivity index (χ2n) is 6.60. The summed E-state index contributed by atoms with van der Waals surface area (Å²) in [4.78, 5) is 25.3. The van der Waals surface area contributed by atoms with Gasteiger partial charge in [0.25, 0.3) is 5.91 Å². The van der Waals surface area contributed by atoms with Crippen molar-refractivity contribution >= 4 is 11.8 Å². The molecule has 0 spiro atoms. The zero-order valence-electron chi connectivity index (χ0n) is 15.8. The van der Waals surface area contributed by atoms with Crippen molar-refractivity contribution in [1.29, 1.82) is 0 Å². The van der Waals surface area contributed by atoms with Crippen LogP contribution in [0.15, 0.2) is 42.5 Å². The summed E-state index contributed by atoms with van der Waals surface area (Å²) >= 11 is 0. The number of nitrogens with one attached hydrogen (secondary N) is 1. The molecule has 138 valence electrons. The summed E-state index contributed by atoms with van der Waals surface area (Å²) in [5, 5.41) is 2.87. The van der Waals surface area contributed by atoms with Crippen LogP contribution in [0.5, 0.6) is 5.75 Å². The quantitative estimate of drug-likeness (QED) is 0.831. The van der Waals surface area contributed by atoms with Crippen molar-refractivity contribution < 1.29 is 14.3 Å². The van der Waals surface area contributed by atoms with Gasteiger partial charge >= 0.3 is 0 Å². The van der Waals surface area contributed by atoms with Gasteiger partial charge in [-0.05, 0) is 54.8 Å². The van der Waals surface area contributed by atoms with Crippen molar-refractivity contribution in [3.8, 4) is 5.75 Å². The second kappa shape index (κ2) is 9.04. The van der Waals surface area contributed by atoms with Crippen molar-refractivity contribution in [2.24, 2.45) is 0 Å². The Labute approximate surface area is 155 Å². The van der Waals surface area contributed by atoms with Gasteiger partial charge < -0.3 is 15.0 Å². The third-order valence-electron chi connectivity index (χ3n) is 3.89. The highest BCUT2D eigenvalue weighted by Gasteiger charge is 2.08. The standard InChI is InChI=1S/C21H26N2O3/c1-15-11-16(2)13-19(12-15)26-10-9-20(24)22-14-17-5-7-18(8-6-17)21(25)23(3)4/h5-8,11-13H,9-10,14H2,1-4H3,(H,22,24). The molecule has 0 radical (unpaired) electrons. The topological polar surface area (TPSA) is 58.6 Å². The molecule has 1 N–H and O–H groups in total. The average Bonchev–Trinajstić information content (AvgIpc) is 2.59. The van der Waals surface area contributed by atoms with Crippen LogP contribution in [0.3, 0.4) is 0 Å². The fraction of sp³-hybridized carbons (Fsp3) is 0.333. The Morgan fingerprint density at radius 2 is 1.62 bits per heavy atom. The van der Waals surface area contributed by atoms with Gasteiger partial charge in [-0.2, -0.15) is 0 Å². The molecule has 0 aliphatic carbocycles. The fourth-order valence-electron chi connectivity index (χ4n) is 2.59. The van der Waals surface area contributed by atoms with Crippen molar-refractivity contribution in [3.63, 3.8) is 0 Å². The predicted octanol–water partition coefficient (Wildman–Crippen LogP) is 3.09. The number of rotatable bonds is 7. The van der Waals surface area contributed by atoms with Crippen LogP contribution in [-0.2, 0) is 11.3 Å². The minimum Gasteiger partial charge on any atom is -0.493 e. The molecule has 2 amide bonds. The molecule has 0 heterocycles.